The van der Waals surface area contributed by atoms with Gasteiger partial charge >= 0.3 is 12.6 Å². The molecule has 1 fully saturated rings. The normalized spacial score (nSPS) is 15.5. The lowest BCUT2D eigenvalue weighted by Gasteiger charge is -2.40. The monoisotopic (exact) mass is 540 g/mol. The Balaban J connectivity index is 1.37. The summed E-state index contributed by atoms with van der Waals surface area (Å²) >= 11 is 0. The van der Waals surface area contributed by atoms with E-state index in [1.54, 1.807) is 67.6 Å². The number of aromatic nitrogens is 6. The van der Waals surface area contributed by atoms with Crippen molar-refractivity contribution in [2.75, 3.05) is 18.5 Å². The number of fused-ring (bicyclic) bond motifs is 1. The Morgan fingerprint density at radius 3 is 2.64 bits per heavy atom. The predicted octanol–water partition coefficient (Wildman–Crippen LogP) is 5.13. The van der Waals surface area contributed by atoms with Crippen molar-refractivity contribution in [2.24, 2.45) is 0 Å². The molecule has 0 radical (unpaired) electrons. The number of nitrogens with one attached hydrogen (secondary N) is 1. The quantitative estimate of drug-likeness (QED) is 0.343. The number of ether oxygens (including phenoxy) is 2. The summed E-state index contributed by atoms with van der Waals surface area (Å²) in [5.41, 5.74) is 1.49. The number of aryl methyl sites for hydroxylation is 2. The number of alkyl halides is 2. The van der Waals surface area contributed by atoms with E-state index < -0.39 is 18.2 Å². The molecule has 11 nitrogen and oxygen atoms in total. The van der Waals surface area contributed by atoms with Gasteiger partial charge in [0.1, 0.15) is 29.5 Å². The van der Waals surface area contributed by atoms with Gasteiger partial charge in [0.05, 0.1) is 17.8 Å². The fourth-order valence-corrected chi connectivity index (χ4v) is 4.35. The molecule has 0 aromatic carbocycles. The molecule has 0 bridgehead atoms. The summed E-state index contributed by atoms with van der Waals surface area (Å²) in [6, 6.07) is 6.77. The van der Waals surface area contributed by atoms with Crippen molar-refractivity contribution in [3.63, 3.8) is 0 Å². The number of carbonyl (C=O) groups is 1. The molecule has 1 saturated heterocycles. The summed E-state index contributed by atoms with van der Waals surface area (Å²) in [5.74, 6) is 1.97. The first kappa shape index (κ1) is 26.3. The zero-order valence-corrected chi connectivity index (χ0v) is 22.4. The van der Waals surface area contributed by atoms with Crippen LogP contribution in [0.4, 0.5) is 25.2 Å². The number of anilines is 2. The summed E-state index contributed by atoms with van der Waals surface area (Å²) in [5, 5.41) is 11.5. The molecular weight excluding hydrogens is 510 g/mol. The molecule has 1 atom stereocenters. The highest BCUT2D eigenvalue weighted by molar-refractivity contribution is 5.73. The van der Waals surface area contributed by atoms with Crippen LogP contribution in [0.3, 0.4) is 0 Å². The van der Waals surface area contributed by atoms with Gasteiger partial charge in [0, 0.05) is 36.1 Å². The zero-order valence-electron chi connectivity index (χ0n) is 22.4. The third-order valence-corrected chi connectivity index (χ3v) is 6.11. The van der Waals surface area contributed by atoms with Gasteiger partial charge in [-0.2, -0.15) is 23.7 Å². The second-order valence-corrected chi connectivity index (χ2v) is 10.4. The molecule has 39 heavy (non-hydrogen) atoms. The summed E-state index contributed by atoms with van der Waals surface area (Å²) in [4.78, 5) is 22.6. The predicted molar refractivity (Wildman–Crippen MR) is 139 cm³/mol. The van der Waals surface area contributed by atoms with Crippen LogP contribution in [0.5, 0.6) is 5.75 Å². The minimum atomic E-state index is -2.87. The second kappa shape index (κ2) is 10.1. The van der Waals surface area contributed by atoms with Crippen LogP contribution in [0.15, 0.2) is 36.7 Å². The van der Waals surface area contributed by atoms with Crippen LogP contribution in [0, 0.1) is 13.8 Å². The highest BCUT2D eigenvalue weighted by Gasteiger charge is 2.36. The first-order chi connectivity index (χ1) is 18.5. The molecule has 206 valence electrons. The van der Waals surface area contributed by atoms with Crippen LogP contribution in [-0.2, 0) is 4.74 Å². The van der Waals surface area contributed by atoms with E-state index in [4.69, 9.17) is 9.47 Å². The van der Waals surface area contributed by atoms with Gasteiger partial charge in [0.25, 0.3) is 0 Å². The minimum absolute atomic E-state index is 0.127. The average Bonchev–Trinajstić information content (AvgIpc) is 3.39. The molecular formula is C26H30F2N8O3. The minimum Gasteiger partial charge on any atom is -0.487 e. The summed E-state index contributed by atoms with van der Waals surface area (Å²) < 4.78 is 41.4. The van der Waals surface area contributed by atoms with Crippen LogP contribution in [0.25, 0.3) is 16.8 Å². The molecule has 0 spiro atoms. The van der Waals surface area contributed by atoms with Crippen molar-refractivity contribution < 1.29 is 23.0 Å². The third-order valence-electron chi connectivity index (χ3n) is 6.11. The zero-order chi connectivity index (χ0) is 27.9. The topological polar surface area (TPSA) is 112 Å². The van der Waals surface area contributed by atoms with Crippen molar-refractivity contribution in [2.45, 2.75) is 59.2 Å². The number of carbonyl (C=O) groups excluding carboxylic acids is 1. The Hall–Kier alpha value is -4.29. The van der Waals surface area contributed by atoms with Gasteiger partial charge in [-0.1, -0.05) is 0 Å². The number of hydrogen-bond donors (Lipinski definition) is 1. The van der Waals surface area contributed by atoms with E-state index in [2.05, 4.69) is 25.5 Å². The molecule has 4 aromatic rings. The van der Waals surface area contributed by atoms with Crippen LogP contribution >= 0.6 is 0 Å². The molecule has 0 unspecified atom stereocenters. The average molecular weight is 541 g/mol. The lowest BCUT2D eigenvalue weighted by molar-refractivity contribution is -0.0141. The van der Waals surface area contributed by atoms with E-state index in [1.165, 1.54) is 6.20 Å². The van der Waals surface area contributed by atoms with Gasteiger partial charge in [-0.25, -0.2) is 19.3 Å². The molecule has 5 rings (SSSR count). The Morgan fingerprint density at radius 2 is 1.97 bits per heavy atom. The second-order valence-electron chi connectivity index (χ2n) is 10.4. The lowest BCUT2D eigenvalue weighted by atomic mass is 10.1. The molecule has 1 amide bonds. The van der Waals surface area contributed by atoms with Crippen LogP contribution in [0.1, 0.15) is 45.3 Å². The van der Waals surface area contributed by atoms with Gasteiger partial charge in [-0.15, -0.1) is 0 Å². The number of likely N-dealkylation sites (tertiary alicyclic amines) is 1. The van der Waals surface area contributed by atoms with Gasteiger partial charge in [0.15, 0.2) is 11.6 Å². The number of hydrogen-bond acceptors (Lipinski definition) is 8. The number of amides is 1. The lowest BCUT2D eigenvalue weighted by Crippen LogP contribution is -2.55. The van der Waals surface area contributed by atoms with E-state index in [1.807, 2.05) is 6.92 Å². The molecule has 1 aliphatic rings. The molecule has 1 N–H and O–H groups in total. The first-order valence-corrected chi connectivity index (χ1v) is 12.5. The number of halogens is 2. The molecule has 1 aliphatic heterocycles. The maximum absolute atomic E-state index is 13.9. The largest absolute Gasteiger partial charge is 0.487 e. The fraction of sp³-hybridized carbons (Fsp3) is 0.423. The number of nitrogens with zero attached hydrogens (tertiary/aromatic N) is 7. The van der Waals surface area contributed by atoms with Crippen LogP contribution in [0.2, 0.25) is 0 Å². The van der Waals surface area contributed by atoms with Crippen LogP contribution < -0.4 is 10.1 Å². The maximum atomic E-state index is 13.9. The van der Waals surface area contributed by atoms with Gasteiger partial charge in [0.2, 0.25) is 0 Å². The van der Waals surface area contributed by atoms with Crippen molar-refractivity contribution in [1.29, 1.82) is 0 Å². The Labute approximate surface area is 223 Å². The Morgan fingerprint density at radius 1 is 1.18 bits per heavy atom. The van der Waals surface area contributed by atoms with Gasteiger partial charge in [-0.3, -0.25) is 0 Å². The molecule has 0 saturated carbocycles. The third kappa shape index (κ3) is 5.76. The molecule has 13 heteroatoms. The molecule has 4 aromatic heterocycles. The Kier molecular flexibility index (Phi) is 6.83. The van der Waals surface area contributed by atoms with Crippen molar-refractivity contribution in [3.8, 4) is 17.0 Å². The maximum Gasteiger partial charge on any atom is 0.410 e. The fourth-order valence-electron chi connectivity index (χ4n) is 4.35. The smallest absolute Gasteiger partial charge is 0.410 e. The van der Waals surface area contributed by atoms with E-state index >= 15 is 0 Å². The van der Waals surface area contributed by atoms with E-state index in [-0.39, 0.29) is 24.1 Å². The van der Waals surface area contributed by atoms with Gasteiger partial charge < -0.3 is 19.7 Å². The SMILES string of the molecule is Cc1cc(Nc2cc3cc(-c4c(OC[C@H]5CCN5C(=O)OC(C)(C)C)cnn4C(F)F)ccn3n2)nc(C)n1. The van der Waals surface area contributed by atoms with E-state index in [0.29, 0.717) is 39.8 Å². The number of rotatable bonds is 7. The van der Waals surface area contributed by atoms with Crippen molar-refractivity contribution in [3.05, 3.63) is 48.2 Å². The standard InChI is InChI=1S/C26H30F2N8O3/c1-15-10-21(31-16(2)30-15)32-22-12-19-11-17(6-9-35(19)33-22)23-20(13-29-36(23)24(27)28)38-14-18-7-8-34(18)25(37)39-26(3,4)5/h6,9-13,18,24H,7-8,14H2,1-5H3,(H,30,31,32,33)/t18-/m1/s1. The van der Waals surface area contributed by atoms with Crippen LogP contribution in [-0.4, -0.2) is 65.2 Å². The summed E-state index contributed by atoms with van der Waals surface area (Å²) in [6.07, 6.45) is 3.25. The number of pyridine rings is 1. The van der Waals surface area contributed by atoms with Crippen molar-refractivity contribution in [1.82, 2.24) is 34.3 Å². The van der Waals surface area contributed by atoms with E-state index in [9.17, 15) is 13.6 Å². The highest BCUT2D eigenvalue weighted by Crippen LogP contribution is 2.35. The summed E-state index contributed by atoms with van der Waals surface area (Å²) in [6.45, 7) is 6.89. The Bertz CT molecular complexity index is 1490. The van der Waals surface area contributed by atoms with E-state index in [0.717, 1.165) is 12.1 Å². The highest BCUT2D eigenvalue weighted by atomic mass is 19.3. The van der Waals surface area contributed by atoms with Gasteiger partial charge in [-0.05, 0) is 53.2 Å². The van der Waals surface area contributed by atoms with Crippen molar-refractivity contribution >= 4 is 23.2 Å². The summed E-state index contributed by atoms with van der Waals surface area (Å²) in [7, 11) is 0. The molecule has 0 aliphatic carbocycles. The molecule has 5 heterocycles. The first-order valence-electron chi connectivity index (χ1n) is 12.5.